The average Bonchev–Trinajstić information content (AvgIpc) is 2.40. The maximum Gasteiger partial charge on any atom is 0.137 e. The van der Waals surface area contributed by atoms with E-state index in [1.807, 2.05) is 30.3 Å². The lowest BCUT2D eigenvalue weighted by Gasteiger charge is -2.07. The predicted molar refractivity (Wildman–Crippen MR) is 64.6 cm³/mol. The van der Waals surface area contributed by atoms with Crippen molar-refractivity contribution in [2.24, 2.45) is 0 Å². The Morgan fingerprint density at radius 3 is 2.65 bits per heavy atom. The van der Waals surface area contributed by atoms with Crippen LogP contribution in [0.3, 0.4) is 0 Å². The molecule has 1 heterocycles. The molecule has 3 nitrogen and oxygen atoms in total. The molecule has 0 radical (unpaired) electrons. The van der Waals surface area contributed by atoms with Gasteiger partial charge in [0, 0.05) is 18.8 Å². The van der Waals surface area contributed by atoms with Crippen molar-refractivity contribution in [3.05, 3.63) is 59.9 Å². The van der Waals surface area contributed by atoms with Crippen LogP contribution in [0.15, 0.2) is 48.8 Å². The molecule has 3 heteroatoms. The number of aromatic nitrogens is 1. The molecule has 0 amide bonds. The lowest BCUT2D eigenvalue weighted by Crippen LogP contribution is -2.02. The predicted octanol–water partition coefficient (Wildman–Crippen LogP) is 2.57. The van der Waals surface area contributed by atoms with Gasteiger partial charge in [0.1, 0.15) is 11.8 Å². The van der Waals surface area contributed by atoms with Crippen LogP contribution in [0.4, 0.5) is 0 Å². The van der Waals surface area contributed by atoms with Crippen molar-refractivity contribution >= 4 is 0 Å². The minimum absolute atomic E-state index is 0.558. The molecule has 2 rings (SSSR count). The van der Waals surface area contributed by atoms with Gasteiger partial charge in [-0.05, 0) is 29.8 Å². The molecule has 0 atom stereocenters. The summed E-state index contributed by atoms with van der Waals surface area (Å²) < 4.78 is 5.59. The summed E-state index contributed by atoms with van der Waals surface area (Å²) >= 11 is 0. The summed E-state index contributed by atoms with van der Waals surface area (Å²) in [6.07, 6.45) is 4.33. The number of nitrogens with zero attached hydrogens (tertiary/aromatic N) is 2. The molecule has 1 aromatic heterocycles. The van der Waals surface area contributed by atoms with Crippen LogP contribution in [0.2, 0.25) is 0 Å². The van der Waals surface area contributed by atoms with E-state index in [9.17, 15) is 0 Å². The van der Waals surface area contributed by atoms with Gasteiger partial charge >= 0.3 is 0 Å². The second kappa shape index (κ2) is 5.66. The van der Waals surface area contributed by atoms with Gasteiger partial charge < -0.3 is 4.74 Å². The number of ether oxygens (including phenoxy) is 1. The van der Waals surface area contributed by atoms with Gasteiger partial charge in [0.15, 0.2) is 0 Å². The summed E-state index contributed by atoms with van der Waals surface area (Å²) in [4.78, 5) is 3.96. The van der Waals surface area contributed by atoms with Gasteiger partial charge in [0.05, 0.1) is 12.2 Å². The quantitative estimate of drug-likeness (QED) is 0.801. The zero-order chi connectivity index (χ0) is 11.9. The van der Waals surface area contributed by atoms with Gasteiger partial charge in [-0.3, -0.25) is 4.98 Å². The molecule has 0 fully saturated rings. The van der Waals surface area contributed by atoms with E-state index < -0.39 is 0 Å². The van der Waals surface area contributed by atoms with Crippen LogP contribution in [0, 0.1) is 11.3 Å². The van der Waals surface area contributed by atoms with E-state index in [4.69, 9.17) is 10.00 Å². The molecule has 1 aromatic carbocycles. The highest BCUT2D eigenvalue weighted by Gasteiger charge is 2.01. The molecule has 0 saturated heterocycles. The third-order valence-corrected chi connectivity index (χ3v) is 2.41. The fourth-order valence-corrected chi connectivity index (χ4v) is 1.51. The number of hydrogen-bond donors (Lipinski definition) is 0. The van der Waals surface area contributed by atoms with Crippen LogP contribution in [0.1, 0.15) is 11.1 Å². The molecular weight excluding hydrogens is 212 g/mol. The largest absolute Gasteiger partial charge is 0.492 e. The molecule has 0 aliphatic heterocycles. The van der Waals surface area contributed by atoms with Crippen molar-refractivity contribution in [1.82, 2.24) is 4.98 Å². The molecule has 0 aliphatic rings. The van der Waals surface area contributed by atoms with Crippen molar-refractivity contribution in [3.8, 4) is 11.8 Å². The molecular formula is C14H12N2O. The Labute approximate surface area is 100 Å². The van der Waals surface area contributed by atoms with Crippen LogP contribution in [0.25, 0.3) is 0 Å². The van der Waals surface area contributed by atoms with Gasteiger partial charge in [-0.15, -0.1) is 0 Å². The smallest absolute Gasteiger partial charge is 0.137 e. The maximum atomic E-state index is 8.90. The Hall–Kier alpha value is -2.34. The Bertz CT molecular complexity index is 517. The summed E-state index contributed by atoms with van der Waals surface area (Å²) in [5, 5.41) is 8.90. The minimum Gasteiger partial charge on any atom is -0.492 e. The standard InChI is InChI=1S/C14H12N2O/c15-11-13-3-1-2-4-14(13)17-10-7-12-5-8-16-9-6-12/h1-6,8-9H,7,10H2. The second-order valence-electron chi connectivity index (χ2n) is 3.56. The van der Waals surface area contributed by atoms with E-state index in [0.717, 1.165) is 6.42 Å². The molecule has 0 N–H and O–H groups in total. The number of rotatable bonds is 4. The van der Waals surface area contributed by atoms with E-state index in [1.54, 1.807) is 18.5 Å². The van der Waals surface area contributed by atoms with Crippen molar-refractivity contribution in [3.63, 3.8) is 0 Å². The zero-order valence-corrected chi connectivity index (χ0v) is 9.34. The Balaban J connectivity index is 1.93. The fourth-order valence-electron chi connectivity index (χ4n) is 1.51. The van der Waals surface area contributed by atoms with Crippen LogP contribution in [-0.2, 0) is 6.42 Å². The van der Waals surface area contributed by atoms with Gasteiger partial charge in [0.2, 0.25) is 0 Å². The van der Waals surface area contributed by atoms with Crippen molar-refractivity contribution in [2.75, 3.05) is 6.61 Å². The molecule has 84 valence electrons. The van der Waals surface area contributed by atoms with Crippen LogP contribution >= 0.6 is 0 Å². The van der Waals surface area contributed by atoms with Crippen LogP contribution < -0.4 is 4.74 Å². The highest BCUT2D eigenvalue weighted by molar-refractivity contribution is 5.42. The van der Waals surface area contributed by atoms with Crippen LogP contribution in [-0.4, -0.2) is 11.6 Å². The number of benzene rings is 1. The third kappa shape index (κ3) is 3.05. The number of pyridine rings is 1. The molecule has 0 saturated carbocycles. The lowest BCUT2D eigenvalue weighted by atomic mass is 10.2. The molecule has 0 bridgehead atoms. The second-order valence-corrected chi connectivity index (χ2v) is 3.56. The zero-order valence-electron chi connectivity index (χ0n) is 9.34. The fraction of sp³-hybridized carbons (Fsp3) is 0.143. The first-order valence-corrected chi connectivity index (χ1v) is 5.41. The monoisotopic (exact) mass is 224 g/mol. The van der Waals surface area contributed by atoms with Crippen LogP contribution in [0.5, 0.6) is 5.75 Å². The maximum absolute atomic E-state index is 8.90. The number of hydrogen-bond acceptors (Lipinski definition) is 3. The average molecular weight is 224 g/mol. The first-order valence-electron chi connectivity index (χ1n) is 5.41. The third-order valence-electron chi connectivity index (χ3n) is 2.41. The highest BCUT2D eigenvalue weighted by atomic mass is 16.5. The number of nitriles is 1. The van der Waals surface area contributed by atoms with E-state index >= 15 is 0 Å². The van der Waals surface area contributed by atoms with Crippen molar-refractivity contribution < 1.29 is 4.74 Å². The Kier molecular flexibility index (Phi) is 3.72. The SMILES string of the molecule is N#Cc1ccccc1OCCc1ccncc1. The first kappa shape index (κ1) is 11.2. The minimum atomic E-state index is 0.558. The molecule has 0 spiro atoms. The molecule has 0 unspecified atom stereocenters. The van der Waals surface area contributed by atoms with E-state index in [0.29, 0.717) is 17.9 Å². The number of para-hydroxylation sites is 1. The van der Waals surface area contributed by atoms with Gasteiger partial charge in [-0.25, -0.2) is 0 Å². The Morgan fingerprint density at radius 2 is 1.88 bits per heavy atom. The van der Waals surface area contributed by atoms with E-state index in [1.165, 1.54) is 5.56 Å². The van der Waals surface area contributed by atoms with Gasteiger partial charge in [-0.1, -0.05) is 12.1 Å². The molecule has 0 aliphatic carbocycles. The van der Waals surface area contributed by atoms with Crippen molar-refractivity contribution in [2.45, 2.75) is 6.42 Å². The lowest BCUT2D eigenvalue weighted by molar-refractivity contribution is 0.321. The molecule has 2 aromatic rings. The Morgan fingerprint density at radius 1 is 1.12 bits per heavy atom. The summed E-state index contributed by atoms with van der Waals surface area (Å²) in [6.45, 7) is 0.558. The summed E-state index contributed by atoms with van der Waals surface area (Å²) in [6, 6.07) is 13.3. The molecule has 17 heavy (non-hydrogen) atoms. The van der Waals surface area contributed by atoms with Crippen molar-refractivity contribution in [1.29, 1.82) is 5.26 Å². The summed E-state index contributed by atoms with van der Waals surface area (Å²) in [7, 11) is 0. The normalized spacial score (nSPS) is 9.59. The highest BCUT2D eigenvalue weighted by Crippen LogP contribution is 2.16. The van der Waals surface area contributed by atoms with Gasteiger partial charge in [0.25, 0.3) is 0 Å². The summed E-state index contributed by atoms with van der Waals surface area (Å²) in [5.74, 6) is 0.643. The summed E-state index contributed by atoms with van der Waals surface area (Å²) in [5.41, 5.74) is 1.75. The van der Waals surface area contributed by atoms with E-state index in [-0.39, 0.29) is 0 Å². The van der Waals surface area contributed by atoms with Gasteiger partial charge in [-0.2, -0.15) is 5.26 Å². The first-order chi connectivity index (χ1) is 8.40. The topological polar surface area (TPSA) is 45.9 Å². The van der Waals surface area contributed by atoms with E-state index in [2.05, 4.69) is 11.1 Å².